The molecule has 4 heterocycles. The zero-order chi connectivity index (χ0) is 17.8. The highest BCUT2D eigenvalue weighted by Crippen LogP contribution is 2.34. The molecule has 0 saturated carbocycles. The minimum atomic E-state index is -0.0744. The van der Waals surface area contributed by atoms with Crippen LogP contribution in [0.5, 0.6) is 0 Å². The van der Waals surface area contributed by atoms with Crippen LogP contribution in [-0.4, -0.2) is 65.2 Å². The number of amides is 1. The molecule has 0 aromatic carbocycles. The van der Waals surface area contributed by atoms with Gasteiger partial charge in [-0.05, 0) is 25.0 Å². The molecular formula is C19H23N5O2. The summed E-state index contributed by atoms with van der Waals surface area (Å²) in [5.74, 6) is 0.941. The first-order valence-corrected chi connectivity index (χ1v) is 9.04. The van der Waals surface area contributed by atoms with Gasteiger partial charge in [-0.3, -0.25) is 14.8 Å². The maximum Gasteiger partial charge on any atom is 0.253 e. The Hall–Kier alpha value is -2.54. The van der Waals surface area contributed by atoms with Crippen molar-refractivity contribution >= 4 is 11.7 Å². The summed E-state index contributed by atoms with van der Waals surface area (Å²) in [7, 11) is 0. The summed E-state index contributed by atoms with van der Waals surface area (Å²) in [4.78, 5) is 29.7. The molecule has 0 N–H and O–H groups in total. The second-order valence-corrected chi connectivity index (χ2v) is 7.10. The van der Waals surface area contributed by atoms with Gasteiger partial charge in [0.15, 0.2) is 0 Å². The predicted octanol–water partition coefficient (Wildman–Crippen LogP) is 1.63. The minimum Gasteiger partial charge on any atom is -0.379 e. The number of piperidine rings is 1. The Labute approximate surface area is 153 Å². The van der Waals surface area contributed by atoms with Gasteiger partial charge in [-0.1, -0.05) is 0 Å². The van der Waals surface area contributed by atoms with Gasteiger partial charge in [-0.2, -0.15) is 0 Å². The SMILES string of the molecule is O=C(c1ccncc1)N1CCC[C@]2(COCCN(c3cnccn3)C2)C1. The van der Waals surface area contributed by atoms with Crippen LogP contribution in [0.25, 0.3) is 0 Å². The number of rotatable bonds is 2. The maximum absolute atomic E-state index is 12.9. The molecule has 2 aromatic heterocycles. The van der Waals surface area contributed by atoms with Crippen molar-refractivity contribution in [1.82, 2.24) is 19.9 Å². The molecule has 0 unspecified atom stereocenters. The van der Waals surface area contributed by atoms with Crippen LogP contribution in [0.4, 0.5) is 5.82 Å². The second-order valence-electron chi connectivity index (χ2n) is 7.10. The van der Waals surface area contributed by atoms with Crippen molar-refractivity contribution in [1.29, 1.82) is 0 Å². The van der Waals surface area contributed by atoms with Gasteiger partial charge in [-0.15, -0.1) is 0 Å². The molecule has 0 bridgehead atoms. The monoisotopic (exact) mass is 353 g/mol. The van der Waals surface area contributed by atoms with E-state index in [2.05, 4.69) is 19.9 Å². The Morgan fingerprint density at radius 1 is 1.08 bits per heavy atom. The van der Waals surface area contributed by atoms with Gasteiger partial charge >= 0.3 is 0 Å². The van der Waals surface area contributed by atoms with Crippen LogP contribution in [0.1, 0.15) is 23.2 Å². The molecule has 2 aliphatic rings. The number of anilines is 1. The molecule has 26 heavy (non-hydrogen) atoms. The molecule has 7 nitrogen and oxygen atoms in total. The van der Waals surface area contributed by atoms with Crippen molar-refractivity contribution in [2.24, 2.45) is 5.41 Å². The molecule has 1 amide bonds. The van der Waals surface area contributed by atoms with Crippen LogP contribution < -0.4 is 4.90 Å². The first-order chi connectivity index (χ1) is 12.8. The van der Waals surface area contributed by atoms with E-state index in [1.807, 2.05) is 4.90 Å². The second kappa shape index (κ2) is 7.37. The lowest BCUT2D eigenvalue weighted by atomic mass is 9.80. The van der Waals surface area contributed by atoms with Crippen molar-refractivity contribution < 1.29 is 9.53 Å². The molecule has 0 radical (unpaired) electrons. The van der Waals surface area contributed by atoms with Crippen LogP contribution in [0.15, 0.2) is 43.1 Å². The number of carbonyl (C=O) groups is 1. The van der Waals surface area contributed by atoms with Crippen LogP contribution in [0.3, 0.4) is 0 Å². The molecular weight excluding hydrogens is 330 g/mol. The summed E-state index contributed by atoms with van der Waals surface area (Å²) in [6, 6.07) is 3.55. The topological polar surface area (TPSA) is 71.5 Å². The third-order valence-electron chi connectivity index (χ3n) is 5.19. The molecule has 2 saturated heterocycles. The molecule has 4 rings (SSSR count). The Balaban J connectivity index is 1.53. The van der Waals surface area contributed by atoms with Crippen molar-refractivity contribution in [2.45, 2.75) is 12.8 Å². The highest BCUT2D eigenvalue weighted by atomic mass is 16.5. The first kappa shape index (κ1) is 16.9. The third-order valence-corrected chi connectivity index (χ3v) is 5.19. The van der Waals surface area contributed by atoms with E-state index in [1.54, 1.807) is 43.1 Å². The molecule has 2 aromatic rings. The Kier molecular flexibility index (Phi) is 4.79. The van der Waals surface area contributed by atoms with Gasteiger partial charge in [0, 0.05) is 61.9 Å². The highest BCUT2D eigenvalue weighted by Gasteiger charge is 2.40. The van der Waals surface area contributed by atoms with Crippen LogP contribution in [-0.2, 0) is 4.74 Å². The summed E-state index contributed by atoms with van der Waals surface area (Å²) in [5, 5.41) is 0. The van der Waals surface area contributed by atoms with Gasteiger partial charge in [0.2, 0.25) is 0 Å². The molecule has 1 spiro atoms. The lowest BCUT2D eigenvalue weighted by Gasteiger charge is -2.43. The lowest BCUT2D eigenvalue weighted by molar-refractivity contribution is 0.0135. The first-order valence-electron chi connectivity index (χ1n) is 9.04. The summed E-state index contributed by atoms with van der Waals surface area (Å²) < 4.78 is 5.94. The number of hydrogen-bond acceptors (Lipinski definition) is 6. The van der Waals surface area contributed by atoms with Gasteiger partial charge < -0.3 is 14.5 Å². The quantitative estimate of drug-likeness (QED) is 0.817. The largest absolute Gasteiger partial charge is 0.379 e. The minimum absolute atomic E-state index is 0.0711. The smallest absolute Gasteiger partial charge is 0.253 e. The molecule has 2 fully saturated rings. The highest BCUT2D eigenvalue weighted by molar-refractivity contribution is 5.94. The molecule has 2 aliphatic heterocycles. The third kappa shape index (κ3) is 3.53. The average molecular weight is 353 g/mol. The van der Waals surface area contributed by atoms with E-state index in [4.69, 9.17) is 4.74 Å². The number of carbonyl (C=O) groups excluding carboxylic acids is 1. The van der Waals surface area contributed by atoms with Gasteiger partial charge in [0.05, 0.1) is 19.4 Å². The van der Waals surface area contributed by atoms with E-state index in [-0.39, 0.29) is 11.3 Å². The van der Waals surface area contributed by atoms with Gasteiger partial charge in [0.1, 0.15) is 5.82 Å². The predicted molar refractivity (Wildman–Crippen MR) is 96.9 cm³/mol. The fourth-order valence-electron chi connectivity index (χ4n) is 3.95. The number of likely N-dealkylation sites (tertiary alicyclic amines) is 1. The molecule has 0 aliphatic carbocycles. The molecule has 7 heteroatoms. The van der Waals surface area contributed by atoms with Crippen LogP contribution in [0, 0.1) is 5.41 Å². The van der Waals surface area contributed by atoms with Crippen molar-refractivity contribution in [3.05, 3.63) is 48.7 Å². The zero-order valence-corrected chi connectivity index (χ0v) is 14.8. The van der Waals surface area contributed by atoms with Crippen molar-refractivity contribution in [3.63, 3.8) is 0 Å². The average Bonchev–Trinajstić information content (AvgIpc) is 2.91. The Bertz CT molecular complexity index is 742. The molecule has 1 atom stereocenters. The van der Waals surface area contributed by atoms with Crippen LogP contribution >= 0.6 is 0 Å². The maximum atomic E-state index is 12.9. The number of hydrogen-bond donors (Lipinski definition) is 0. The number of pyridine rings is 1. The number of ether oxygens (including phenoxy) is 1. The van der Waals surface area contributed by atoms with E-state index in [9.17, 15) is 4.79 Å². The normalized spacial score (nSPS) is 23.7. The summed E-state index contributed by atoms with van der Waals surface area (Å²) >= 11 is 0. The molecule has 136 valence electrons. The fraction of sp³-hybridized carbons (Fsp3) is 0.474. The van der Waals surface area contributed by atoms with E-state index in [0.717, 1.165) is 38.3 Å². The zero-order valence-electron chi connectivity index (χ0n) is 14.8. The Morgan fingerprint density at radius 2 is 1.96 bits per heavy atom. The van der Waals surface area contributed by atoms with E-state index < -0.39 is 0 Å². The van der Waals surface area contributed by atoms with Gasteiger partial charge in [0.25, 0.3) is 5.91 Å². The van der Waals surface area contributed by atoms with Gasteiger partial charge in [-0.25, -0.2) is 4.98 Å². The van der Waals surface area contributed by atoms with E-state index in [0.29, 0.717) is 25.3 Å². The summed E-state index contributed by atoms with van der Waals surface area (Å²) in [6.07, 6.45) is 10.5. The van der Waals surface area contributed by atoms with Crippen molar-refractivity contribution in [2.75, 3.05) is 44.3 Å². The standard InChI is InChI=1S/C19H23N5O2/c25-18(16-2-5-20-6-3-16)24-9-1-4-19(14-24)13-23(10-11-26-15-19)17-12-21-7-8-22-17/h2-3,5-8,12H,1,4,9-11,13-15H2/t19-/m1/s1. The fourth-order valence-corrected chi connectivity index (χ4v) is 3.95. The summed E-state index contributed by atoms with van der Waals surface area (Å²) in [5.41, 5.74) is 0.618. The van der Waals surface area contributed by atoms with E-state index in [1.165, 1.54) is 0 Å². The van der Waals surface area contributed by atoms with E-state index >= 15 is 0 Å². The number of aromatic nitrogens is 3. The Morgan fingerprint density at radius 3 is 2.77 bits per heavy atom. The lowest BCUT2D eigenvalue weighted by Crippen LogP contribution is -2.52. The van der Waals surface area contributed by atoms with Crippen molar-refractivity contribution in [3.8, 4) is 0 Å². The van der Waals surface area contributed by atoms with Crippen LogP contribution in [0.2, 0.25) is 0 Å². The number of nitrogens with zero attached hydrogens (tertiary/aromatic N) is 5. The summed E-state index contributed by atoms with van der Waals surface area (Å²) in [6.45, 7) is 4.43.